The molecule has 0 aliphatic rings. The number of anilines is 2. The number of sulfonamides is 1. The molecule has 10 heteroatoms. The lowest BCUT2D eigenvalue weighted by molar-refractivity contribution is -0.131. The van der Waals surface area contributed by atoms with Crippen LogP contribution < -0.4 is 10.0 Å². The number of nitrogens with zero attached hydrogens (tertiary/aromatic N) is 2. The maximum Gasteiger partial charge on any atom is 0.328 e. The van der Waals surface area contributed by atoms with Crippen molar-refractivity contribution in [3.63, 3.8) is 0 Å². The molecule has 0 aliphatic heterocycles. The maximum absolute atomic E-state index is 12.2. The van der Waals surface area contributed by atoms with Gasteiger partial charge in [0.05, 0.1) is 4.90 Å². The van der Waals surface area contributed by atoms with Crippen molar-refractivity contribution in [2.24, 2.45) is 0 Å². The number of carbonyl (C=O) groups is 2. The van der Waals surface area contributed by atoms with Gasteiger partial charge in [-0.1, -0.05) is 0 Å². The fraction of sp³-hybridized carbons (Fsp3) is 0. The Hall–Kier alpha value is -3.27. The van der Waals surface area contributed by atoms with Gasteiger partial charge in [-0.2, -0.15) is 0 Å². The van der Waals surface area contributed by atoms with Gasteiger partial charge in [0.15, 0.2) is 0 Å². The summed E-state index contributed by atoms with van der Waals surface area (Å²) < 4.78 is 26.5. The van der Waals surface area contributed by atoms with Gasteiger partial charge >= 0.3 is 5.97 Å². The average Bonchev–Trinajstić information content (AvgIpc) is 2.54. The third-order valence-corrected chi connectivity index (χ3v) is 3.94. The SMILES string of the molecule is O=C(O)/C=C\C(=O)Nc1ccc(S(=O)(=O)Nc2ncccn2)cc1. The molecule has 3 N–H and O–H groups in total. The number of carboxylic acid groups (broad SMARTS) is 1. The van der Waals surface area contributed by atoms with Crippen molar-refractivity contribution in [2.45, 2.75) is 4.90 Å². The first-order valence-corrected chi connectivity index (χ1v) is 7.97. The van der Waals surface area contributed by atoms with Gasteiger partial charge in [-0.05, 0) is 30.3 Å². The van der Waals surface area contributed by atoms with Crippen LogP contribution in [0.25, 0.3) is 0 Å². The predicted octanol–water partition coefficient (Wildman–Crippen LogP) is 0.857. The number of hydrogen-bond donors (Lipinski definition) is 3. The molecule has 0 bridgehead atoms. The second kappa shape index (κ2) is 7.33. The van der Waals surface area contributed by atoms with Crippen molar-refractivity contribution < 1.29 is 23.1 Å². The number of rotatable bonds is 6. The van der Waals surface area contributed by atoms with Crippen LogP contribution in [0.2, 0.25) is 0 Å². The molecule has 1 aromatic heterocycles. The smallest absolute Gasteiger partial charge is 0.328 e. The van der Waals surface area contributed by atoms with E-state index in [0.717, 1.165) is 6.08 Å². The highest BCUT2D eigenvalue weighted by atomic mass is 32.2. The molecule has 2 aromatic rings. The van der Waals surface area contributed by atoms with E-state index in [2.05, 4.69) is 20.0 Å². The Labute approximate surface area is 137 Å². The molecule has 1 aromatic carbocycles. The van der Waals surface area contributed by atoms with Crippen LogP contribution in [-0.2, 0) is 19.6 Å². The fourth-order valence-electron chi connectivity index (χ4n) is 1.58. The molecule has 0 unspecified atom stereocenters. The minimum Gasteiger partial charge on any atom is -0.478 e. The first kappa shape index (κ1) is 17.1. The van der Waals surface area contributed by atoms with Gasteiger partial charge in [0.25, 0.3) is 10.0 Å². The second-order valence-electron chi connectivity index (χ2n) is 4.36. The van der Waals surface area contributed by atoms with E-state index in [0.29, 0.717) is 11.8 Å². The number of hydrogen-bond acceptors (Lipinski definition) is 6. The van der Waals surface area contributed by atoms with Crippen molar-refractivity contribution in [3.8, 4) is 0 Å². The Bertz CT molecular complexity index is 864. The summed E-state index contributed by atoms with van der Waals surface area (Å²) in [4.78, 5) is 29.2. The Morgan fingerprint density at radius 3 is 2.25 bits per heavy atom. The van der Waals surface area contributed by atoms with Gasteiger partial charge in [0.2, 0.25) is 11.9 Å². The van der Waals surface area contributed by atoms with Gasteiger partial charge in [-0.25, -0.2) is 27.9 Å². The van der Waals surface area contributed by atoms with Crippen LogP contribution >= 0.6 is 0 Å². The van der Waals surface area contributed by atoms with Gasteiger partial charge < -0.3 is 10.4 Å². The lowest BCUT2D eigenvalue weighted by atomic mass is 10.3. The Balaban J connectivity index is 2.08. The molecule has 0 spiro atoms. The molecule has 1 heterocycles. The van der Waals surface area contributed by atoms with E-state index in [1.807, 2.05) is 0 Å². The lowest BCUT2D eigenvalue weighted by Crippen LogP contribution is -2.15. The third kappa shape index (κ3) is 4.88. The highest BCUT2D eigenvalue weighted by molar-refractivity contribution is 7.92. The molecule has 9 nitrogen and oxygen atoms in total. The molecule has 1 amide bonds. The van der Waals surface area contributed by atoms with Crippen molar-refractivity contribution in [2.75, 3.05) is 10.0 Å². The normalized spacial score (nSPS) is 11.2. The Morgan fingerprint density at radius 1 is 1.04 bits per heavy atom. The van der Waals surface area contributed by atoms with Crippen LogP contribution in [0.4, 0.5) is 11.6 Å². The van der Waals surface area contributed by atoms with E-state index in [1.54, 1.807) is 6.07 Å². The van der Waals surface area contributed by atoms with Gasteiger partial charge in [0.1, 0.15) is 0 Å². The van der Waals surface area contributed by atoms with Crippen LogP contribution in [0.3, 0.4) is 0 Å². The number of carboxylic acids is 1. The molecule has 124 valence electrons. The summed E-state index contributed by atoms with van der Waals surface area (Å²) in [5.41, 5.74) is 0.310. The minimum absolute atomic E-state index is 0.0472. The van der Waals surface area contributed by atoms with Crippen LogP contribution in [0, 0.1) is 0 Å². The van der Waals surface area contributed by atoms with E-state index in [-0.39, 0.29) is 10.8 Å². The molecule has 2 rings (SSSR count). The van der Waals surface area contributed by atoms with E-state index in [1.165, 1.54) is 36.7 Å². The second-order valence-corrected chi connectivity index (χ2v) is 6.05. The maximum atomic E-state index is 12.2. The molecular weight excluding hydrogens is 336 g/mol. The molecular formula is C14H12N4O5S. The summed E-state index contributed by atoms with van der Waals surface area (Å²) in [5.74, 6) is -1.96. The summed E-state index contributed by atoms with van der Waals surface area (Å²) in [7, 11) is -3.86. The summed E-state index contributed by atoms with van der Waals surface area (Å²) in [6, 6.07) is 6.84. The number of aliphatic carboxylic acids is 1. The zero-order valence-electron chi connectivity index (χ0n) is 12.1. The van der Waals surface area contributed by atoms with E-state index in [4.69, 9.17) is 5.11 Å². The van der Waals surface area contributed by atoms with Crippen LogP contribution in [0.15, 0.2) is 59.8 Å². The Morgan fingerprint density at radius 2 is 1.67 bits per heavy atom. The van der Waals surface area contributed by atoms with Crippen molar-refractivity contribution >= 4 is 33.5 Å². The van der Waals surface area contributed by atoms with Crippen molar-refractivity contribution in [1.82, 2.24) is 9.97 Å². The monoisotopic (exact) mass is 348 g/mol. The van der Waals surface area contributed by atoms with E-state index < -0.39 is 21.9 Å². The minimum atomic E-state index is -3.86. The number of amides is 1. The van der Waals surface area contributed by atoms with Gasteiger partial charge in [0, 0.05) is 30.2 Å². The van der Waals surface area contributed by atoms with Gasteiger partial charge in [-0.15, -0.1) is 0 Å². The van der Waals surface area contributed by atoms with Crippen molar-refractivity contribution in [1.29, 1.82) is 0 Å². The molecule has 0 aliphatic carbocycles. The lowest BCUT2D eigenvalue weighted by Gasteiger charge is -2.07. The largest absolute Gasteiger partial charge is 0.478 e. The highest BCUT2D eigenvalue weighted by Gasteiger charge is 2.15. The Kier molecular flexibility index (Phi) is 5.22. The van der Waals surface area contributed by atoms with Crippen molar-refractivity contribution in [3.05, 3.63) is 54.9 Å². The first-order chi connectivity index (χ1) is 11.4. The molecule has 24 heavy (non-hydrogen) atoms. The van der Waals surface area contributed by atoms with Crippen LogP contribution in [0.5, 0.6) is 0 Å². The summed E-state index contributed by atoms with van der Waals surface area (Å²) in [6.45, 7) is 0. The first-order valence-electron chi connectivity index (χ1n) is 6.49. The number of benzene rings is 1. The predicted molar refractivity (Wildman–Crippen MR) is 84.7 cm³/mol. The summed E-state index contributed by atoms with van der Waals surface area (Å²) >= 11 is 0. The zero-order chi connectivity index (χ0) is 17.6. The molecule has 0 saturated heterocycles. The van der Waals surface area contributed by atoms with E-state index >= 15 is 0 Å². The number of aromatic nitrogens is 2. The van der Waals surface area contributed by atoms with E-state index in [9.17, 15) is 18.0 Å². The standard InChI is InChI=1S/C14H12N4O5S/c19-12(6-7-13(20)21)17-10-2-4-11(5-3-10)24(22,23)18-14-15-8-1-9-16-14/h1-9H,(H,17,19)(H,20,21)(H,15,16,18)/b7-6-. The molecule has 0 radical (unpaired) electrons. The molecule has 0 fully saturated rings. The molecule has 0 atom stereocenters. The fourth-order valence-corrected chi connectivity index (χ4v) is 2.54. The van der Waals surface area contributed by atoms with Crippen LogP contribution in [-0.4, -0.2) is 35.4 Å². The summed E-state index contributed by atoms with van der Waals surface area (Å²) in [6.07, 6.45) is 4.33. The number of carbonyl (C=O) groups excluding carboxylic acids is 1. The summed E-state index contributed by atoms with van der Waals surface area (Å²) in [5, 5.41) is 10.8. The average molecular weight is 348 g/mol. The zero-order valence-corrected chi connectivity index (χ0v) is 12.9. The number of nitrogens with one attached hydrogen (secondary N) is 2. The highest BCUT2D eigenvalue weighted by Crippen LogP contribution is 2.16. The topological polar surface area (TPSA) is 138 Å². The van der Waals surface area contributed by atoms with Crippen LogP contribution in [0.1, 0.15) is 0 Å². The molecule has 0 saturated carbocycles. The van der Waals surface area contributed by atoms with Gasteiger partial charge in [-0.3, -0.25) is 4.79 Å². The third-order valence-electron chi connectivity index (χ3n) is 2.60. The quantitative estimate of drug-likeness (QED) is 0.658.